The molecule has 1 aliphatic rings. The minimum atomic E-state index is -0.526. The van der Waals surface area contributed by atoms with Gasteiger partial charge in [0, 0.05) is 0 Å². The highest BCUT2D eigenvalue weighted by atomic mass is 35.5. The van der Waals surface area contributed by atoms with Gasteiger partial charge in [-0.1, -0.05) is 23.7 Å². The highest BCUT2D eigenvalue weighted by Gasteiger charge is 2.30. The summed E-state index contributed by atoms with van der Waals surface area (Å²) in [5.41, 5.74) is 7.10. The van der Waals surface area contributed by atoms with E-state index in [9.17, 15) is 9.59 Å². The van der Waals surface area contributed by atoms with Gasteiger partial charge in [-0.25, -0.2) is 4.68 Å². The molecule has 0 saturated carbocycles. The molecule has 1 aliphatic heterocycles. The molecule has 2 heterocycles. The van der Waals surface area contributed by atoms with Gasteiger partial charge in [-0.05, 0) is 12.1 Å². The normalized spacial score (nSPS) is 14.2. The number of nitrogens with two attached hydrogens (primary N) is 1. The average molecular weight is 277 g/mol. The van der Waals surface area contributed by atoms with Gasteiger partial charge in [0.2, 0.25) is 5.91 Å². The van der Waals surface area contributed by atoms with Crippen LogP contribution in [0, 0.1) is 0 Å². The molecule has 7 heteroatoms. The number of rotatable bonds is 1. The maximum Gasteiger partial charge on any atom is 0.263 e. The van der Waals surface area contributed by atoms with E-state index in [2.05, 4.69) is 10.4 Å². The van der Waals surface area contributed by atoms with Crippen LogP contribution in [0.25, 0.3) is 5.69 Å². The summed E-state index contributed by atoms with van der Waals surface area (Å²) >= 11 is 6.08. The Bertz CT molecular complexity index is 708. The summed E-state index contributed by atoms with van der Waals surface area (Å²) < 4.78 is 1.38. The molecular weight excluding hydrogens is 268 g/mol. The molecule has 3 rings (SSSR count). The summed E-state index contributed by atoms with van der Waals surface area (Å²) in [5, 5.41) is 6.88. The molecule has 3 N–H and O–H groups in total. The van der Waals surface area contributed by atoms with Crippen molar-refractivity contribution in [2.75, 3.05) is 5.73 Å². The lowest BCUT2D eigenvalue weighted by atomic mass is 10.1. The smallest absolute Gasteiger partial charge is 0.263 e. The number of nitrogens with one attached hydrogen (secondary N) is 1. The summed E-state index contributed by atoms with van der Waals surface area (Å²) in [6.45, 7) is 0. The van der Waals surface area contributed by atoms with Crippen LogP contribution >= 0.6 is 11.6 Å². The van der Waals surface area contributed by atoms with Crippen molar-refractivity contribution in [3.63, 3.8) is 0 Å². The molecule has 0 bridgehead atoms. The van der Waals surface area contributed by atoms with Crippen molar-refractivity contribution in [3.8, 4) is 5.69 Å². The molecule has 2 aromatic rings. The van der Waals surface area contributed by atoms with Gasteiger partial charge in [0.15, 0.2) is 0 Å². The molecule has 96 valence electrons. The maximum absolute atomic E-state index is 11.7. The van der Waals surface area contributed by atoms with Crippen molar-refractivity contribution in [2.45, 2.75) is 6.42 Å². The van der Waals surface area contributed by atoms with Gasteiger partial charge in [0.25, 0.3) is 5.91 Å². The first-order valence-corrected chi connectivity index (χ1v) is 5.92. The number of fused-ring (bicyclic) bond motifs is 1. The third kappa shape index (κ3) is 1.77. The van der Waals surface area contributed by atoms with Crippen molar-refractivity contribution < 1.29 is 9.59 Å². The number of aromatic nitrogens is 2. The Balaban J connectivity index is 2.21. The monoisotopic (exact) mass is 276 g/mol. The summed E-state index contributed by atoms with van der Waals surface area (Å²) in [6, 6.07) is 6.99. The van der Waals surface area contributed by atoms with Crippen LogP contribution in [-0.4, -0.2) is 21.6 Å². The third-order valence-corrected chi connectivity index (χ3v) is 3.20. The first kappa shape index (κ1) is 11.7. The molecule has 0 spiro atoms. The number of para-hydroxylation sites is 1. The number of carbonyl (C=O) groups excluding carboxylic acids is 2. The second-order valence-electron chi connectivity index (χ2n) is 4.12. The summed E-state index contributed by atoms with van der Waals surface area (Å²) in [5.74, 6) is -0.739. The molecule has 2 amide bonds. The van der Waals surface area contributed by atoms with Crippen molar-refractivity contribution in [1.82, 2.24) is 15.1 Å². The standard InChI is InChI=1S/C12H9ClN4O2/c13-6-3-1-2-4-8(6)17-11(14)10-7(16-17)5-9(18)15-12(10)19/h1-4H,5,14H2,(H,15,18,19). The molecule has 1 aromatic heterocycles. The number of anilines is 1. The Morgan fingerprint density at radius 2 is 2.05 bits per heavy atom. The Labute approximate surface area is 113 Å². The van der Waals surface area contributed by atoms with E-state index < -0.39 is 5.91 Å². The highest BCUT2D eigenvalue weighted by molar-refractivity contribution is 6.32. The minimum absolute atomic E-state index is 0.0305. The molecule has 0 unspecified atom stereocenters. The third-order valence-electron chi connectivity index (χ3n) is 2.88. The lowest BCUT2D eigenvalue weighted by Gasteiger charge is -2.09. The number of imide groups is 1. The molecule has 0 fully saturated rings. The SMILES string of the molecule is Nc1c2c(nn1-c1ccccc1Cl)CC(=O)NC2=O. The number of carbonyl (C=O) groups is 2. The van der Waals surface area contributed by atoms with E-state index in [1.807, 2.05) is 0 Å². The number of hydrogen-bond donors (Lipinski definition) is 2. The number of halogens is 1. The van der Waals surface area contributed by atoms with Gasteiger partial charge in [-0.15, -0.1) is 0 Å². The van der Waals surface area contributed by atoms with Crippen LogP contribution in [0.5, 0.6) is 0 Å². The molecular formula is C12H9ClN4O2. The molecule has 0 atom stereocenters. The zero-order valence-electron chi connectivity index (χ0n) is 9.68. The molecule has 1 aromatic carbocycles. The quantitative estimate of drug-likeness (QED) is 0.758. The fourth-order valence-corrected chi connectivity index (χ4v) is 2.26. The van der Waals surface area contributed by atoms with Crippen LogP contribution in [0.2, 0.25) is 5.02 Å². The van der Waals surface area contributed by atoms with Gasteiger partial charge in [-0.3, -0.25) is 14.9 Å². The first-order valence-electron chi connectivity index (χ1n) is 5.54. The number of hydrogen-bond acceptors (Lipinski definition) is 4. The zero-order valence-corrected chi connectivity index (χ0v) is 10.4. The van der Waals surface area contributed by atoms with E-state index in [0.717, 1.165) is 0 Å². The molecule has 0 radical (unpaired) electrons. The van der Waals surface area contributed by atoms with Crippen molar-refractivity contribution in [2.24, 2.45) is 0 Å². The van der Waals surface area contributed by atoms with Crippen LogP contribution < -0.4 is 11.1 Å². The lowest BCUT2D eigenvalue weighted by molar-refractivity contribution is -0.119. The molecule has 0 saturated heterocycles. The Morgan fingerprint density at radius 3 is 2.79 bits per heavy atom. The van der Waals surface area contributed by atoms with Gasteiger partial charge in [-0.2, -0.15) is 5.10 Å². The van der Waals surface area contributed by atoms with E-state index >= 15 is 0 Å². The summed E-state index contributed by atoms with van der Waals surface area (Å²) in [4.78, 5) is 23.1. The van der Waals surface area contributed by atoms with E-state index in [0.29, 0.717) is 16.4 Å². The van der Waals surface area contributed by atoms with Crippen molar-refractivity contribution >= 4 is 29.2 Å². The van der Waals surface area contributed by atoms with Crippen LogP contribution in [0.15, 0.2) is 24.3 Å². The lowest BCUT2D eigenvalue weighted by Crippen LogP contribution is -2.37. The average Bonchev–Trinajstić information content (AvgIpc) is 2.67. The van der Waals surface area contributed by atoms with Crippen LogP contribution in [0.4, 0.5) is 5.82 Å². The van der Waals surface area contributed by atoms with Gasteiger partial charge < -0.3 is 5.73 Å². The molecule has 6 nitrogen and oxygen atoms in total. The van der Waals surface area contributed by atoms with Crippen LogP contribution in [0.3, 0.4) is 0 Å². The molecule has 0 aliphatic carbocycles. The van der Waals surface area contributed by atoms with Crippen LogP contribution in [0.1, 0.15) is 16.1 Å². The number of benzene rings is 1. The second kappa shape index (κ2) is 4.10. The minimum Gasteiger partial charge on any atom is -0.383 e. The van der Waals surface area contributed by atoms with Gasteiger partial charge in [0.1, 0.15) is 11.4 Å². The summed E-state index contributed by atoms with van der Waals surface area (Å²) in [6.07, 6.45) is 0.0305. The fourth-order valence-electron chi connectivity index (χ4n) is 2.04. The topological polar surface area (TPSA) is 90.0 Å². The van der Waals surface area contributed by atoms with Crippen LogP contribution in [-0.2, 0) is 11.2 Å². The number of amides is 2. The highest BCUT2D eigenvalue weighted by Crippen LogP contribution is 2.27. The number of nitrogens with zero attached hydrogens (tertiary/aromatic N) is 2. The molecule has 19 heavy (non-hydrogen) atoms. The first-order chi connectivity index (χ1) is 9.08. The van der Waals surface area contributed by atoms with Crippen molar-refractivity contribution in [1.29, 1.82) is 0 Å². The largest absolute Gasteiger partial charge is 0.383 e. The van der Waals surface area contributed by atoms with Gasteiger partial charge in [0.05, 0.1) is 22.8 Å². The fraction of sp³-hybridized carbons (Fsp3) is 0.0833. The Morgan fingerprint density at radius 1 is 1.32 bits per heavy atom. The Kier molecular flexibility index (Phi) is 2.53. The Hall–Kier alpha value is -2.34. The van der Waals surface area contributed by atoms with Gasteiger partial charge >= 0.3 is 0 Å². The van der Waals surface area contributed by atoms with Crippen molar-refractivity contribution in [3.05, 3.63) is 40.5 Å². The second-order valence-corrected chi connectivity index (χ2v) is 4.53. The predicted octanol–water partition coefficient (Wildman–Crippen LogP) is 0.920. The summed E-state index contributed by atoms with van der Waals surface area (Å²) in [7, 11) is 0. The predicted molar refractivity (Wildman–Crippen MR) is 69.2 cm³/mol. The maximum atomic E-state index is 11.7. The number of nitrogen functional groups attached to an aromatic ring is 1. The van der Waals surface area contributed by atoms with E-state index in [1.54, 1.807) is 24.3 Å². The van der Waals surface area contributed by atoms with E-state index in [1.165, 1.54) is 4.68 Å². The van der Waals surface area contributed by atoms with E-state index in [-0.39, 0.29) is 23.7 Å². The van der Waals surface area contributed by atoms with E-state index in [4.69, 9.17) is 17.3 Å². The zero-order chi connectivity index (χ0) is 13.6.